The summed E-state index contributed by atoms with van der Waals surface area (Å²) in [6, 6.07) is 13.1. The molecule has 0 fully saturated rings. The van der Waals surface area contributed by atoms with Crippen molar-refractivity contribution in [2.75, 3.05) is 20.8 Å². The molecule has 0 spiro atoms. The lowest BCUT2D eigenvalue weighted by Crippen LogP contribution is -2.32. The molecule has 134 valence electrons. The summed E-state index contributed by atoms with van der Waals surface area (Å²) in [6.45, 7) is 4.00. The molecule has 0 heterocycles. The van der Waals surface area contributed by atoms with Gasteiger partial charge in [-0.1, -0.05) is 30.7 Å². The molecular formula is C20H25NO4. The topological polar surface area (TPSA) is 56.8 Å². The Morgan fingerprint density at radius 2 is 1.72 bits per heavy atom. The largest absolute Gasteiger partial charge is 0.493 e. The quantitative estimate of drug-likeness (QED) is 0.795. The van der Waals surface area contributed by atoms with E-state index in [4.69, 9.17) is 14.2 Å². The van der Waals surface area contributed by atoms with Crippen LogP contribution < -0.4 is 19.5 Å². The lowest BCUT2D eigenvalue weighted by molar-refractivity contribution is -0.123. The van der Waals surface area contributed by atoms with Gasteiger partial charge in [0.1, 0.15) is 5.75 Å². The fourth-order valence-corrected chi connectivity index (χ4v) is 2.51. The number of nitrogens with one attached hydrogen (secondary N) is 1. The van der Waals surface area contributed by atoms with Crippen molar-refractivity contribution in [2.45, 2.75) is 26.3 Å². The number of benzene rings is 2. The molecule has 0 saturated heterocycles. The Morgan fingerprint density at radius 3 is 2.32 bits per heavy atom. The molecule has 25 heavy (non-hydrogen) atoms. The summed E-state index contributed by atoms with van der Waals surface area (Å²) in [4.78, 5) is 12.2. The van der Waals surface area contributed by atoms with Crippen molar-refractivity contribution in [3.63, 3.8) is 0 Å². The van der Waals surface area contributed by atoms with E-state index in [9.17, 15) is 4.79 Å². The highest BCUT2D eigenvalue weighted by Gasteiger charge is 2.15. The van der Waals surface area contributed by atoms with Gasteiger partial charge in [-0.2, -0.15) is 0 Å². The molecule has 0 aliphatic carbocycles. The first-order valence-corrected chi connectivity index (χ1v) is 8.28. The molecule has 2 aromatic rings. The first-order chi connectivity index (χ1) is 12.1. The zero-order valence-electron chi connectivity index (χ0n) is 15.2. The minimum atomic E-state index is -0.165. The molecule has 2 aromatic carbocycles. The minimum absolute atomic E-state index is 0.0210. The second-order valence-electron chi connectivity index (χ2n) is 5.74. The van der Waals surface area contributed by atoms with Gasteiger partial charge in [0.25, 0.3) is 5.91 Å². The molecule has 5 heteroatoms. The van der Waals surface area contributed by atoms with Crippen molar-refractivity contribution in [1.82, 2.24) is 5.32 Å². The van der Waals surface area contributed by atoms with E-state index in [0.29, 0.717) is 17.2 Å². The SMILES string of the molecule is CC[C@H](NC(=O)COc1ccc(C)cc1)c1ccc(OC)c(OC)c1. The number of rotatable bonds is 8. The molecule has 2 rings (SSSR count). The Bertz CT molecular complexity index is 697. The number of aryl methyl sites for hydroxylation is 1. The molecule has 1 atom stereocenters. The lowest BCUT2D eigenvalue weighted by Gasteiger charge is -2.19. The highest BCUT2D eigenvalue weighted by atomic mass is 16.5. The van der Waals surface area contributed by atoms with Gasteiger partial charge in [-0.25, -0.2) is 0 Å². The number of hydrogen-bond acceptors (Lipinski definition) is 4. The predicted molar refractivity (Wildman–Crippen MR) is 97.4 cm³/mol. The van der Waals surface area contributed by atoms with Crippen molar-refractivity contribution in [3.05, 3.63) is 53.6 Å². The van der Waals surface area contributed by atoms with Crippen LogP contribution in [-0.4, -0.2) is 26.7 Å². The Labute approximate surface area is 148 Å². The van der Waals surface area contributed by atoms with Crippen molar-refractivity contribution in [2.24, 2.45) is 0 Å². The van der Waals surface area contributed by atoms with E-state index in [1.54, 1.807) is 14.2 Å². The molecule has 0 radical (unpaired) electrons. The van der Waals surface area contributed by atoms with Gasteiger partial charge >= 0.3 is 0 Å². The monoisotopic (exact) mass is 343 g/mol. The smallest absolute Gasteiger partial charge is 0.258 e. The summed E-state index contributed by atoms with van der Waals surface area (Å²) >= 11 is 0. The second kappa shape index (κ2) is 8.97. The van der Waals surface area contributed by atoms with Crippen molar-refractivity contribution < 1.29 is 19.0 Å². The number of ether oxygens (including phenoxy) is 3. The maximum absolute atomic E-state index is 12.2. The molecule has 1 amide bonds. The number of amides is 1. The van der Waals surface area contributed by atoms with Crippen LogP contribution in [0.3, 0.4) is 0 Å². The summed E-state index contributed by atoms with van der Waals surface area (Å²) in [7, 11) is 3.19. The number of hydrogen-bond donors (Lipinski definition) is 1. The molecule has 0 bridgehead atoms. The Balaban J connectivity index is 1.98. The van der Waals surface area contributed by atoms with E-state index in [2.05, 4.69) is 5.32 Å². The maximum Gasteiger partial charge on any atom is 0.258 e. The van der Waals surface area contributed by atoms with Crippen LogP contribution in [0.1, 0.15) is 30.5 Å². The van der Waals surface area contributed by atoms with E-state index in [-0.39, 0.29) is 18.6 Å². The first-order valence-electron chi connectivity index (χ1n) is 8.28. The lowest BCUT2D eigenvalue weighted by atomic mass is 10.0. The van der Waals surface area contributed by atoms with Crippen molar-refractivity contribution in [1.29, 1.82) is 0 Å². The average molecular weight is 343 g/mol. The molecular weight excluding hydrogens is 318 g/mol. The Hall–Kier alpha value is -2.69. The molecule has 1 N–H and O–H groups in total. The van der Waals surface area contributed by atoms with E-state index in [0.717, 1.165) is 17.5 Å². The van der Waals surface area contributed by atoms with Gasteiger partial charge < -0.3 is 19.5 Å². The van der Waals surface area contributed by atoms with Gasteiger partial charge in [0, 0.05) is 0 Å². The van der Waals surface area contributed by atoms with Crippen LogP contribution in [0.4, 0.5) is 0 Å². The third-order valence-corrected chi connectivity index (χ3v) is 3.94. The summed E-state index contributed by atoms with van der Waals surface area (Å²) in [6.07, 6.45) is 0.756. The third-order valence-electron chi connectivity index (χ3n) is 3.94. The fraction of sp³-hybridized carbons (Fsp3) is 0.350. The first kappa shape index (κ1) is 18.6. The van der Waals surface area contributed by atoms with Gasteiger partial charge in [-0.15, -0.1) is 0 Å². The van der Waals surface area contributed by atoms with Gasteiger partial charge in [0.2, 0.25) is 0 Å². The van der Waals surface area contributed by atoms with Gasteiger partial charge in [0.05, 0.1) is 20.3 Å². The Kier molecular flexibility index (Phi) is 6.69. The number of carbonyl (C=O) groups is 1. The molecule has 0 aromatic heterocycles. The standard InChI is InChI=1S/C20H25NO4/c1-5-17(15-8-11-18(23-3)19(12-15)24-4)21-20(22)13-25-16-9-6-14(2)7-10-16/h6-12,17H,5,13H2,1-4H3,(H,21,22)/t17-/m0/s1. The summed E-state index contributed by atoms with van der Waals surface area (Å²) in [5, 5.41) is 2.99. The van der Waals surface area contributed by atoms with E-state index in [1.807, 2.05) is 56.3 Å². The highest BCUT2D eigenvalue weighted by molar-refractivity contribution is 5.78. The van der Waals surface area contributed by atoms with Crippen LogP contribution in [0.25, 0.3) is 0 Å². The molecule has 0 aliphatic heterocycles. The van der Waals surface area contributed by atoms with E-state index < -0.39 is 0 Å². The summed E-state index contributed by atoms with van der Waals surface area (Å²) in [5.74, 6) is 1.82. The summed E-state index contributed by atoms with van der Waals surface area (Å²) < 4.78 is 16.1. The molecule has 0 saturated carbocycles. The number of methoxy groups -OCH3 is 2. The highest BCUT2D eigenvalue weighted by Crippen LogP contribution is 2.30. The van der Waals surface area contributed by atoms with Crippen LogP contribution in [-0.2, 0) is 4.79 Å². The van der Waals surface area contributed by atoms with Gasteiger partial charge in [-0.05, 0) is 43.2 Å². The van der Waals surface area contributed by atoms with Gasteiger partial charge in [0.15, 0.2) is 18.1 Å². The average Bonchev–Trinajstić information content (AvgIpc) is 2.65. The maximum atomic E-state index is 12.2. The van der Waals surface area contributed by atoms with Crippen LogP contribution in [0.2, 0.25) is 0 Å². The van der Waals surface area contributed by atoms with Crippen molar-refractivity contribution in [3.8, 4) is 17.2 Å². The molecule has 0 unspecified atom stereocenters. The minimum Gasteiger partial charge on any atom is -0.493 e. The van der Waals surface area contributed by atoms with Gasteiger partial charge in [-0.3, -0.25) is 4.79 Å². The van der Waals surface area contributed by atoms with E-state index >= 15 is 0 Å². The third kappa shape index (κ3) is 5.14. The van der Waals surface area contributed by atoms with Crippen LogP contribution in [0, 0.1) is 6.92 Å². The molecule has 5 nitrogen and oxygen atoms in total. The van der Waals surface area contributed by atoms with Crippen molar-refractivity contribution >= 4 is 5.91 Å². The zero-order valence-corrected chi connectivity index (χ0v) is 15.2. The zero-order chi connectivity index (χ0) is 18.2. The fourth-order valence-electron chi connectivity index (χ4n) is 2.51. The van der Waals surface area contributed by atoms with Crippen LogP contribution in [0.5, 0.6) is 17.2 Å². The van der Waals surface area contributed by atoms with Crippen LogP contribution in [0.15, 0.2) is 42.5 Å². The predicted octanol–water partition coefficient (Wildman–Crippen LogP) is 3.66. The number of carbonyl (C=O) groups excluding carboxylic acids is 1. The Morgan fingerprint density at radius 1 is 1.04 bits per heavy atom. The second-order valence-corrected chi connectivity index (χ2v) is 5.74. The van der Waals surface area contributed by atoms with Crippen LogP contribution >= 0.6 is 0 Å². The summed E-state index contributed by atoms with van der Waals surface area (Å²) in [5.41, 5.74) is 2.11. The molecule has 0 aliphatic rings. The van der Waals surface area contributed by atoms with E-state index in [1.165, 1.54) is 0 Å². The normalized spacial score (nSPS) is 11.5.